The molecule has 1 heterocycles. The van der Waals surface area contributed by atoms with Gasteiger partial charge in [0.2, 0.25) is 5.91 Å². The van der Waals surface area contributed by atoms with Crippen molar-refractivity contribution in [2.45, 2.75) is 18.8 Å². The number of carbonyl (C=O) groups is 1. The smallest absolute Gasteiger partial charge is 0.239 e. The summed E-state index contributed by atoms with van der Waals surface area (Å²) >= 11 is 1.66. The van der Waals surface area contributed by atoms with Crippen LogP contribution in [0.5, 0.6) is 0 Å². The van der Waals surface area contributed by atoms with Crippen LogP contribution in [0.3, 0.4) is 0 Å². The molecular weight excluding hydrogens is 220 g/mol. The third kappa shape index (κ3) is 2.39. The summed E-state index contributed by atoms with van der Waals surface area (Å²) in [5.74, 6) is 0.751. The topological polar surface area (TPSA) is 32.3 Å². The Morgan fingerprint density at radius 2 is 2.19 bits per heavy atom. The second-order valence-electron chi connectivity index (χ2n) is 3.72. The fourth-order valence-electron chi connectivity index (χ4n) is 1.71. The van der Waals surface area contributed by atoms with E-state index in [0.29, 0.717) is 5.75 Å². The number of nitrogens with zero attached hydrogens (tertiary/aromatic N) is 1. The fourth-order valence-corrected chi connectivity index (χ4v) is 2.77. The van der Waals surface area contributed by atoms with E-state index in [0.717, 1.165) is 18.7 Å². The van der Waals surface area contributed by atoms with E-state index in [2.05, 4.69) is 12.2 Å². The van der Waals surface area contributed by atoms with E-state index in [9.17, 15) is 4.79 Å². The van der Waals surface area contributed by atoms with Crippen LogP contribution in [-0.4, -0.2) is 23.7 Å². The molecule has 0 spiro atoms. The van der Waals surface area contributed by atoms with Crippen LogP contribution in [0, 0.1) is 0 Å². The lowest BCUT2D eigenvalue weighted by molar-refractivity contribution is -0.115. The summed E-state index contributed by atoms with van der Waals surface area (Å²) in [5, 5.41) is 3.38. The number of nitrogens with one attached hydrogen (secondary N) is 1. The molecular formula is C12H16N2OS. The zero-order chi connectivity index (χ0) is 11.4. The maximum atomic E-state index is 11.8. The number of thioether (sulfide) groups is 1. The van der Waals surface area contributed by atoms with Gasteiger partial charge in [0.05, 0.1) is 5.75 Å². The third-order valence-corrected chi connectivity index (χ3v) is 3.58. The van der Waals surface area contributed by atoms with Crippen molar-refractivity contribution in [1.82, 2.24) is 5.32 Å². The first-order valence-corrected chi connectivity index (χ1v) is 6.60. The van der Waals surface area contributed by atoms with Crippen LogP contribution < -0.4 is 10.2 Å². The van der Waals surface area contributed by atoms with E-state index in [1.807, 2.05) is 35.2 Å². The number of benzene rings is 1. The van der Waals surface area contributed by atoms with Gasteiger partial charge < -0.3 is 0 Å². The van der Waals surface area contributed by atoms with E-state index in [-0.39, 0.29) is 11.4 Å². The number of anilines is 1. The number of hydrogen-bond acceptors (Lipinski definition) is 3. The second kappa shape index (κ2) is 5.37. The lowest BCUT2D eigenvalue weighted by Crippen LogP contribution is -2.42. The lowest BCUT2D eigenvalue weighted by Gasteiger charge is -2.24. The predicted molar refractivity (Wildman–Crippen MR) is 68.5 cm³/mol. The molecule has 4 heteroatoms. The number of hydrogen-bond donors (Lipinski definition) is 1. The van der Waals surface area contributed by atoms with Crippen molar-refractivity contribution in [2.24, 2.45) is 0 Å². The van der Waals surface area contributed by atoms with Gasteiger partial charge >= 0.3 is 0 Å². The standard InChI is InChI=1S/C12H16N2OS/c1-2-8-13-12-14(11(15)9-16-12)10-6-4-3-5-7-10/h3-7,12-13H,2,8-9H2,1H3. The van der Waals surface area contributed by atoms with Gasteiger partial charge in [0.15, 0.2) is 0 Å². The minimum absolute atomic E-state index is 0.0925. The molecule has 0 saturated carbocycles. The molecule has 86 valence electrons. The van der Waals surface area contributed by atoms with Gasteiger partial charge in [0.25, 0.3) is 0 Å². The number of rotatable bonds is 4. The second-order valence-corrected chi connectivity index (χ2v) is 4.79. The summed E-state index contributed by atoms with van der Waals surface area (Å²) in [6, 6.07) is 9.84. The Kier molecular flexibility index (Phi) is 3.85. The molecule has 1 aromatic rings. The molecule has 1 aliphatic rings. The van der Waals surface area contributed by atoms with Crippen molar-refractivity contribution in [3.63, 3.8) is 0 Å². The molecule has 1 saturated heterocycles. The van der Waals surface area contributed by atoms with Crippen LogP contribution in [0.25, 0.3) is 0 Å². The molecule has 0 aliphatic carbocycles. The van der Waals surface area contributed by atoms with E-state index < -0.39 is 0 Å². The average molecular weight is 236 g/mol. The van der Waals surface area contributed by atoms with Crippen molar-refractivity contribution in [3.05, 3.63) is 30.3 Å². The van der Waals surface area contributed by atoms with E-state index in [4.69, 9.17) is 0 Å². The minimum atomic E-state index is 0.0925. The molecule has 0 aromatic heterocycles. The molecule has 0 radical (unpaired) electrons. The number of para-hydroxylation sites is 1. The van der Waals surface area contributed by atoms with Gasteiger partial charge in [-0.2, -0.15) is 0 Å². The summed E-state index contributed by atoms with van der Waals surface area (Å²) in [5.41, 5.74) is 1.07. The van der Waals surface area contributed by atoms with Gasteiger partial charge in [-0.1, -0.05) is 25.1 Å². The summed E-state index contributed by atoms with van der Waals surface area (Å²) in [7, 11) is 0. The van der Waals surface area contributed by atoms with Crippen LogP contribution in [0.2, 0.25) is 0 Å². The van der Waals surface area contributed by atoms with Crippen LogP contribution in [0.1, 0.15) is 13.3 Å². The first-order valence-electron chi connectivity index (χ1n) is 5.55. The zero-order valence-electron chi connectivity index (χ0n) is 9.35. The van der Waals surface area contributed by atoms with Gasteiger partial charge in [0, 0.05) is 5.69 Å². The van der Waals surface area contributed by atoms with Crippen LogP contribution in [-0.2, 0) is 4.79 Å². The predicted octanol–water partition coefficient (Wildman–Crippen LogP) is 2.05. The van der Waals surface area contributed by atoms with Crippen molar-refractivity contribution in [3.8, 4) is 0 Å². The summed E-state index contributed by atoms with van der Waals surface area (Å²) in [6.45, 7) is 3.07. The van der Waals surface area contributed by atoms with Gasteiger partial charge in [-0.25, -0.2) is 0 Å². The van der Waals surface area contributed by atoms with Crippen LogP contribution in [0.4, 0.5) is 5.69 Å². The van der Waals surface area contributed by atoms with Crippen molar-refractivity contribution >= 4 is 23.4 Å². The Morgan fingerprint density at radius 3 is 2.88 bits per heavy atom. The molecule has 1 aromatic carbocycles. The molecule has 1 fully saturated rings. The minimum Gasteiger partial charge on any atom is -0.288 e. The van der Waals surface area contributed by atoms with E-state index in [1.54, 1.807) is 11.8 Å². The Bertz CT molecular complexity index is 355. The monoisotopic (exact) mass is 236 g/mol. The first-order chi connectivity index (χ1) is 7.83. The lowest BCUT2D eigenvalue weighted by atomic mass is 10.3. The Morgan fingerprint density at radius 1 is 1.44 bits per heavy atom. The Labute approximate surface area is 100 Å². The highest BCUT2D eigenvalue weighted by atomic mass is 32.2. The van der Waals surface area contributed by atoms with Gasteiger partial charge in [-0.15, -0.1) is 11.8 Å². The van der Waals surface area contributed by atoms with Gasteiger partial charge in [-0.05, 0) is 25.1 Å². The normalized spacial score (nSPS) is 20.4. The molecule has 1 N–H and O–H groups in total. The molecule has 2 rings (SSSR count). The van der Waals surface area contributed by atoms with Crippen molar-refractivity contribution in [1.29, 1.82) is 0 Å². The molecule has 0 bridgehead atoms. The maximum absolute atomic E-state index is 11.8. The maximum Gasteiger partial charge on any atom is 0.239 e. The van der Waals surface area contributed by atoms with Crippen molar-refractivity contribution in [2.75, 3.05) is 17.2 Å². The van der Waals surface area contributed by atoms with Crippen LogP contribution in [0.15, 0.2) is 30.3 Å². The summed E-state index contributed by atoms with van der Waals surface area (Å²) in [6.07, 6.45) is 1.08. The SMILES string of the molecule is CCCNC1SCC(=O)N1c1ccccc1. The Hall–Kier alpha value is -1.00. The van der Waals surface area contributed by atoms with Crippen molar-refractivity contribution < 1.29 is 4.79 Å². The molecule has 1 unspecified atom stereocenters. The number of amides is 1. The highest BCUT2D eigenvalue weighted by Crippen LogP contribution is 2.28. The summed E-state index contributed by atoms with van der Waals surface area (Å²) in [4.78, 5) is 13.7. The molecule has 16 heavy (non-hydrogen) atoms. The summed E-state index contributed by atoms with van der Waals surface area (Å²) < 4.78 is 0. The molecule has 1 atom stereocenters. The van der Waals surface area contributed by atoms with E-state index in [1.165, 1.54) is 0 Å². The van der Waals surface area contributed by atoms with Gasteiger partial charge in [-0.3, -0.25) is 15.0 Å². The molecule has 1 aliphatic heterocycles. The molecule has 1 amide bonds. The Balaban J connectivity index is 2.13. The van der Waals surface area contributed by atoms with Crippen LogP contribution >= 0.6 is 11.8 Å². The fraction of sp³-hybridized carbons (Fsp3) is 0.417. The largest absolute Gasteiger partial charge is 0.288 e. The van der Waals surface area contributed by atoms with E-state index >= 15 is 0 Å². The first kappa shape index (κ1) is 11.5. The van der Waals surface area contributed by atoms with Gasteiger partial charge in [0.1, 0.15) is 5.50 Å². The quantitative estimate of drug-likeness (QED) is 0.868. The third-order valence-electron chi connectivity index (χ3n) is 2.47. The average Bonchev–Trinajstić information content (AvgIpc) is 2.69. The number of carbonyl (C=O) groups excluding carboxylic acids is 1. The highest BCUT2D eigenvalue weighted by molar-refractivity contribution is 8.01. The highest BCUT2D eigenvalue weighted by Gasteiger charge is 2.31. The molecule has 3 nitrogen and oxygen atoms in total. The zero-order valence-corrected chi connectivity index (χ0v) is 10.2.